The van der Waals surface area contributed by atoms with Crippen LogP contribution in [0, 0.1) is 0 Å². The molecule has 1 aliphatic heterocycles. The van der Waals surface area contributed by atoms with Crippen LogP contribution in [0.1, 0.15) is 80.1 Å². The molecule has 3 unspecified atom stereocenters. The summed E-state index contributed by atoms with van der Waals surface area (Å²) in [5.41, 5.74) is 0. The number of nitrogens with zero attached hydrogens (tertiary/aromatic N) is 3. The third kappa shape index (κ3) is 6.00. The summed E-state index contributed by atoms with van der Waals surface area (Å²) in [6.07, 6.45) is 7.41. The first-order valence-electron chi connectivity index (χ1n) is 8.90. The topological polar surface area (TPSA) is 9.72 Å². The molecule has 3 nitrogen and oxygen atoms in total. The predicted octanol–water partition coefficient (Wildman–Crippen LogP) is 3.07. The molecular weight excluding hydrogens is 255 g/mol. The van der Waals surface area contributed by atoms with E-state index in [0.29, 0.717) is 18.1 Å². The van der Waals surface area contributed by atoms with E-state index in [1.165, 1.54) is 38.5 Å². The number of rotatable bonds is 9. The minimum atomic E-state index is 0.566. The first-order valence-corrected chi connectivity index (χ1v) is 8.90. The van der Waals surface area contributed by atoms with Crippen molar-refractivity contribution in [1.29, 1.82) is 0 Å². The molecule has 6 heteroatoms. The van der Waals surface area contributed by atoms with Crippen molar-refractivity contribution in [3.8, 4) is 0 Å². The second kappa shape index (κ2) is 9.96. The molecule has 0 spiro atoms. The zero-order valence-corrected chi connectivity index (χ0v) is 15.0. The normalized spacial score (nSPS) is 22.0. The van der Waals surface area contributed by atoms with Crippen LogP contribution in [0.2, 0.25) is 0 Å². The molecule has 117 valence electrons. The van der Waals surface area contributed by atoms with Crippen molar-refractivity contribution in [2.24, 2.45) is 0 Å². The minimum Gasteiger partial charge on any atom is -0.362 e. The first-order chi connectivity index (χ1) is 10.0. The van der Waals surface area contributed by atoms with Crippen LogP contribution in [-0.4, -0.2) is 54.9 Å². The minimum absolute atomic E-state index is 0.566. The monoisotopic (exact) mass is 288 g/mol. The van der Waals surface area contributed by atoms with Crippen molar-refractivity contribution in [2.45, 2.75) is 98.2 Å². The fourth-order valence-electron chi connectivity index (χ4n) is 2.93. The molecule has 3 radical (unpaired) electrons. The quantitative estimate of drug-likeness (QED) is 0.604. The van der Waals surface area contributed by atoms with Crippen LogP contribution >= 0.6 is 0 Å². The van der Waals surface area contributed by atoms with Gasteiger partial charge in [-0.05, 0) is 37.4 Å². The largest absolute Gasteiger partial charge is 0.362 e. The zero-order chi connectivity index (χ0) is 15.8. The summed E-state index contributed by atoms with van der Waals surface area (Å²) in [4.78, 5) is 0. The van der Waals surface area contributed by atoms with E-state index in [4.69, 9.17) is 0 Å². The fourth-order valence-corrected chi connectivity index (χ4v) is 2.93. The smallest absolute Gasteiger partial charge is 0.290 e. The van der Waals surface area contributed by atoms with Crippen LogP contribution < -0.4 is 0 Å². The van der Waals surface area contributed by atoms with Crippen molar-refractivity contribution in [1.82, 2.24) is 14.2 Å². The van der Waals surface area contributed by atoms with E-state index in [-0.39, 0.29) is 0 Å². The van der Waals surface area contributed by atoms with E-state index in [1.807, 2.05) is 0 Å². The third-order valence-electron chi connectivity index (χ3n) is 4.45. The van der Waals surface area contributed by atoms with E-state index in [9.17, 15) is 0 Å². The van der Waals surface area contributed by atoms with Gasteiger partial charge in [-0.2, -0.15) is 0 Å². The van der Waals surface area contributed by atoms with Crippen molar-refractivity contribution >= 4 is 22.6 Å². The Morgan fingerprint density at radius 2 is 0.810 bits per heavy atom. The van der Waals surface area contributed by atoms with E-state index in [0.717, 1.165) is 0 Å². The Kier molecular flexibility index (Phi) is 9.07. The van der Waals surface area contributed by atoms with E-state index >= 15 is 0 Å². The molecule has 0 aliphatic carbocycles. The molecule has 1 rings (SSSR count). The van der Waals surface area contributed by atoms with Crippen molar-refractivity contribution < 1.29 is 0 Å². The van der Waals surface area contributed by atoms with Crippen molar-refractivity contribution in [2.75, 3.05) is 0 Å². The van der Waals surface area contributed by atoms with E-state index < -0.39 is 0 Å². The molecule has 0 aromatic heterocycles. The van der Waals surface area contributed by atoms with Gasteiger partial charge in [0.25, 0.3) is 22.6 Å². The summed E-state index contributed by atoms with van der Waals surface area (Å²) in [7, 11) is 6.90. The summed E-state index contributed by atoms with van der Waals surface area (Å²) < 4.78 is 7.21. The van der Waals surface area contributed by atoms with E-state index in [1.54, 1.807) is 0 Å². The van der Waals surface area contributed by atoms with Crippen LogP contribution in [0.4, 0.5) is 0 Å². The Morgan fingerprint density at radius 1 is 0.571 bits per heavy atom. The van der Waals surface area contributed by atoms with Gasteiger partial charge in [0.2, 0.25) is 0 Å². The standard InChI is InChI=1S/C15H33B3N3/c1-7-10-13(4)19-16-20(14(5)11-8-2)18-21(17-19)15(6)12-9-3/h13-15H,7-12H2,1-6H3. The van der Waals surface area contributed by atoms with Crippen LogP contribution in [0.15, 0.2) is 0 Å². The van der Waals surface area contributed by atoms with Gasteiger partial charge in [0, 0.05) is 0 Å². The first kappa shape index (κ1) is 19.1. The lowest BCUT2D eigenvalue weighted by atomic mass is 9.69. The fraction of sp³-hybridized carbons (Fsp3) is 1.00. The molecular formula is C15H33B3N3. The van der Waals surface area contributed by atoms with Crippen LogP contribution in [-0.2, 0) is 0 Å². The maximum atomic E-state index is 2.40. The SMILES string of the molecule is CCCC(C)N1[B]N(C(C)CCC)[B]N(C(C)CCC)[B]1. The zero-order valence-electron chi connectivity index (χ0n) is 15.0. The maximum absolute atomic E-state index is 2.40. The Labute approximate surface area is 135 Å². The summed E-state index contributed by atoms with van der Waals surface area (Å²) in [5.74, 6) is 0. The van der Waals surface area contributed by atoms with Crippen LogP contribution in [0.25, 0.3) is 0 Å². The number of hydrogen-bond acceptors (Lipinski definition) is 3. The summed E-state index contributed by atoms with van der Waals surface area (Å²) in [6, 6.07) is 1.70. The van der Waals surface area contributed by atoms with Gasteiger partial charge < -0.3 is 14.2 Å². The highest BCUT2D eigenvalue weighted by Gasteiger charge is 2.34. The molecule has 0 amide bonds. The second-order valence-corrected chi connectivity index (χ2v) is 6.60. The third-order valence-corrected chi connectivity index (χ3v) is 4.45. The van der Waals surface area contributed by atoms with Crippen molar-refractivity contribution in [3.63, 3.8) is 0 Å². The molecule has 1 fully saturated rings. The summed E-state index contributed by atoms with van der Waals surface area (Å²) in [6.45, 7) is 13.8. The lowest BCUT2D eigenvalue weighted by molar-refractivity contribution is 0.336. The summed E-state index contributed by atoms with van der Waals surface area (Å²) in [5, 5.41) is 0. The van der Waals surface area contributed by atoms with Gasteiger partial charge in [0.1, 0.15) is 0 Å². The number of hydrogen-bond donors (Lipinski definition) is 0. The highest BCUT2D eigenvalue weighted by Crippen LogP contribution is 2.17. The molecule has 0 saturated carbocycles. The Bertz CT molecular complexity index is 232. The molecule has 0 aromatic carbocycles. The lowest BCUT2D eigenvalue weighted by Gasteiger charge is -2.47. The Morgan fingerprint density at radius 3 is 1.00 bits per heavy atom. The van der Waals surface area contributed by atoms with Crippen LogP contribution in [0.3, 0.4) is 0 Å². The van der Waals surface area contributed by atoms with Crippen LogP contribution in [0.5, 0.6) is 0 Å². The molecule has 0 bridgehead atoms. The van der Waals surface area contributed by atoms with Gasteiger partial charge in [0.15, 0.2) is 0 Å². The molecule has 0 N–H and O–H groups in total. The molecule has 3 atom stereocenters. The van der Waals surface area contributed by atoms with E-state index in [2.05, 4.69) is 78.4 Å². The highest BCUT2D eigenvalue weighted by atomic mass is 15.3. The van der Waals surface area contributed by atoms with Crippen molar-refractivity contribution in [3.05, 3.63) is 0 Å². The molecule has 1 saturated heterocycles. The molecule has 21 heavy (non-hydrogen) atoms. The summed E-state index contributed by atoms with van der Waals surface area (Å²) >= 11 is 0. The lowest BCUT2D eigenvalue weighted by Crippen LogP contribution is -2.66. The van der Waals surface area contributed by atoms with Gasteiger partial charge in [-0.25, -0.2) is 0 Å². The average molecular weight is 288 g/mol. The predicted molar refractivity (Wildman–Crippen MR) is 95.9 cm³/mol. The van der Waals surface area contributed by atoms with Gasteiger partial charge in [-0.3, -0.25) is 0 Å². The average Bonchev–Trinajstić information content (AvgIpc) is 2.47. The molecule has 1 heterocycles. The maximum Gasteiger partial charge on any atom is 0.290 e. The van der Waals surface area contributed by atoms with Gasteiger partial charge >= 0.3 is 0 Å². The van der Waals surface area contributed by atoms with Gasteiger partial charge in [-0.1, -0.05) is 60.8 Å². The highest BCUT2D eigenvalue weighted by molar-refractivity contribution is 6.65. The van der Waals surface area contributed by atoms with Gasteiger partial charge in [0.05, 0.1) is 0 Å². The molecule has 0 aromatic rings. The second-order valence-electron chi connectivity index (χ2n) is 6.60. The van der Waals surface area contributed by atoms with Gasteiger partial charge in [-0.15, -0.1) is 0 Å². The molecule has 1 aliphatic rings. The Hall–Kier alpha value is 0.0748. The Balaban J connectivity index is 2.72.